The predicted octanol–water partition coefficient (Wildman–Crippen LogP) is 2.66. The summed E-state index contributed by atoms with van der Waals surface area (Å²) in [6.07, 6.45) is 2.60. The van der Waals surface area contributed by atoms with Crippen LogP contribution in [0.4, 0.5) is 0 Å². The van der Waals surface area contributed by atoms with Gasteiger partial charge in [-0.05, 0) is 23.6 Å². The van der Waals surface area contributed by atoms with Crippen molar-refractivity contribution in [3.05, 3.63) is 46.5 Å². The molecule has 0 saturated carbocycles. The van der Waals surface area contributed by atoms with Gasteiger partial charge in [0.2, 0.25) is 0 Å². The van der Waals surface area contributed by atoms with Crippen LogP contribution >= 0.6 is 11.6 Å². The van der Waals surface area contributed by atoms with E-state index in [0.29, 0.717) is 30.1 Å². The zero-order valence-electron chi connectivity index (χ0n) is 12.3. The molecule has 0 unspecified atom stereocenters. The molecular weight excluding hydrogens is 306 g/mol. The van der Waals surface area contributed by atoms with E-state index in [-0.39, 0.29) is 6.42 Å². The molecule has 1 atom stereocenters. The third-order valence-electron chi connectivity index (χ3n) is 3.62. The maximum absolute atomic E-state index is 12.2. The molecule has 118 valence electrons. The second-order valence-corrected chi connectivity index (χ2v) is 5.55. The highest BCUT2D eigenvalue weighted by Crippen LogP contribution is 2.31. The Morgan fingerprint density at radius 2 is 2.14 bits per heavy atom. The number of benzene rings is 1. The minimum atomic E-state index is -0.875. The van der Waals surface area contributed by atoms with Crippen LogP contribution in [0.25, 0.3) is 0 Å². The van der Waals surface area contributed by atoms with Crippen molar-refractivity contribution >= 4 is 23.5 Å². The highest BCUT2D eigenvalue weighted by molar-refractivity contribution is 6.31. The first-order chi connectivity index (χ1) is 10.5. The van der Waals surface area contributed by atoms with Crippen molar-refractivity contribution in [3.8, 4) is 0 Å². The number of halogens is 1. The van der Waals surface area contributed by atoms with Crippen LogP contribution < -0.4 is 0 Å². The molecule has 1 N–H and O–H groups in total. The van der Waals surface area contributed by atoms with Crippen LogP contribution in [0.2, 0.25) is 5.02 Å². The summed E-state index contributed by atoms with van der Waals surface area (Å²) < 4.78 is 4.92. The van der Waals surface area contributed by atoms with E-state index in [4.69, 9.17) is 21.4 Å². The SMILES string of the molecule is COC(=O)[C@H](c1ccccc1Cl)N1CCC=C(CC(=O)O)C1. The van der Waals surface area contributed by atoms with Gasteiger partial charge in [0.1, 0.15) is 6.04 Å². The molecule has 0 aromatic heterocycles. The zero-order chi connectivity index (χ0) is 16.1. The first-order valence-electron chi connectivity index (χ1n) is 6.99. The number of rotatable bonds is 5. The third kappa shape index (κ3) is 3.87. The molecule has 2 rings (SSSR count). The van der Waals surface area contributed by atoms with Crippen LogP contribution in [0, 0.1) is 0 Å². The Hall–Kier alpha value is -1.85. The molecule has 1 aliphatic rings. The third-order valence-corrected chi connectivity index (χ3v) is 3.97. The minimum Gasteiger partial charge on any atom is -0.481 e. The fourth-order valence-corrected chi connectivity index (χ4v) is 2.90. The molecule has 0 amide bonds. The number of hydrogen-bond donors (Lipinski definition) is 1. The lowest BCUT2D eigenvalue weighted by atomic mass is 10.00. The smallest absolute Gasteiger partial charge is 0.327 e. The van der Waals surface area contributed by atoms with Gasteiger partial charge in [-0.25, -0.2) is 4.79 Å². The van der Waals surface area contributed by atoms with E-state index in [1.807, 2.05) is 17.0 Å². The normalized spacial score (nSPS) is 16.7. The lowest BCUT2D eigenvalue weighted by molar-refractivity contribution is -0.147. The second kappa shape index (κ2) is 7.42. The summed E-state index contributed by atoms with van der Waals surface area (Å²) in [5.74, 6) is -1.27. The molecule has 0 fully saturated rings. The van der Waals surface area contributed by atoms with E-state index in [1.54, 1.807) is 18.2 Å². The van der Waals surface area contributed by atoms with Gasteiger partial charge in [-0.15, -0.1) is 0 Å². The topological polar surface area (TPSA) is 66.8 Å². The van der Waals surface area contributed by atoms with Crippen molar-refractivity contribution in [1.82, 2.24) is 4.90 Å². The molecule has 1 aromatic carbocycles. The number of aliphatic carboxylic acids is 1. The summed E-state index contributed by atoms with van der Waals surface area (Å²) >= 11 is 6.22. The van der Waals surface area contributed by atoms with Crippen LogP contribution in [-0.4, -0.2) is 42.1 Å². The van der Waals surface area contributed by atoms with Crippen molar-refractivity contribution in [3.63, 3.8) is 0 Å². The molecule has 0 spiro atoms. The molecule has 6 heteroatoms. The number of carbonyl (C=O) groups excluding carboxylic acids is 1. The van der Waals surface area contributed by atoms with Gasteiger partial charge in [0.25, 0.3) is 0 Å². The van der Waals surface area contributed by atoms with Crippen LogP contribution in [0.5, 0.6) is 0 Å². The molecular formula is C16H18ClNO4. The van der Waals surface area contributed by atoms with Gasteiger partial charge in [0, 0.05) is 18.1 Å². The summed E-state index contributed by atoms with van der Waals surface area (Å²) in [4.78, 5) is 25.0. The van der Waals surface area contributed by atoms with Crippen molar-refractivity contribution < 1.29 is 19.4 Å². The van der Waals surface area contributed by atoms with Crippen molar-refractivity contribution in [1.29, 1.82) is 0 Å². The number of nitrogens with zero attached hydrogens (tertiary/aromatic N) is 1. The number of esters is 1. The van der Waals surface area contributed by atoms with Gasteiger partial charge >= 0.3 is 11.9 Å². The molecule has 0 radical (unpaired) electrons. The monoisotopic (exact) mass is 323 g/mol. The van der Waals surface area contributed by atoms with Crippen LogP contribution in [0.3, 0.4) is 0 Å². The lowest BCUT2D eigenvalue weighted by Crippen LogP contribution is -2.39. The Bertz CT molecular complexity index is 600. The number of ether oxygens (including phenoxy) is 1. The molecule has 1 aliphatic heterocycles. The van der Waals surface area contributed by atoms with E-state index < -0.39 is 18.0 Å². The van der Waals surface area contributed by atoms with Crippen molar-refractivity contribution in [2.24, 2.45) is 0 Å². The summed E-state index contributed by atoms with van der Waals surface area (Å²) in [6.45, 7) is 1.06. The summed E-state index contributed by atoms with van der Waals surface area (Å²) in [5, 5.41) is 9.43. The van der Waals surface area contributed by atoms with Gasteiger partial charge in [-0.1, -0.05) is 35.9 Å². The van der Waals surface area contributed by atoms with Crippen LogP contribution in [0.1, 0.15) is 24.4 Å². The van der Waals surface area contributed by atoms with E-state index in [2.05, 4.69) is 0 Å². The summed E-state index contributed by atoms with van der Waals surface area (Å²) in [5.41, 5.74) is 1.47. The summed E-state index contributed by atoms with van der Waals surface area (Å²) in [6, 6.07) is 6.50. The number of hydrogen-bond acceptors (Lipinski definition) is 4. The predicted molar refractivity (Wildman–Crippen MR) is 82.7 cm³/mol. The Kier molecular flexibility index (Phi) is 5.57. The maximum Gasteiger partial charge on any atom is 0.327 e. The Morgan fingerprint density at radius 1 is 1.41 bits per heavy atom. The first kappa shape index (κ1) is 16.5. The molecule has 1 aromatic rings. The van der Waals surface area contributed by atoms with E-state index in [9.17, 15) is 9.59 Å². The van der Waals surface area contributed by atoms with E-state index >= 15 is 0 Å². The Labute approximate surface area is 134 Å². The van der Waals surface area contributed by atoms with Crippen LogP contribution in [0.15, 0.2) is 35.9 Å². The fourth-order valence-electron chi connectivity index (χ4n) is 2.66. The van der Waals surface area contributed by atoms with E-state index in [1.165, 1.54) is 7.11 Å². The quantitative estimate of drug-likeness (QED) is 0.666. The fraction of sp³-hybridized carbons (Fsp3) is 0.375. The van der Waals surface area contributed by atoms with Gasteiger partial charge in [0.15, 0.2) is 0 Å². The van der Waals surface area contributed by atoms with E-state index in [0.717, 1.165) is 5.57 Å². The molecule has 0 saturated heterocycles. The zero-order valence-corrected chi connectivity index (χ0v) is 13.0. The molecule has 1 heterocycles. The van der Waals surface area contributed by atoms with Gasteiger partial charge < -0.3 is 9.84 Å². The van der Waals surface area contributed by atoms with Gasteiger partial charge in [-0.2, -0.15) is 0 Å². The van der Waals surface area contributed by atoms with Crippen LogP contribution in [-0.2, 0) is 14.3 Å². The van der Waals surface area contributed by atoms with Gasteiger partial charge in [0.05, 0.1) is 13.5 Å². The van der Waals surface area contributed by atoms with Crippen molar-refractivity contribution in [2.45, 2.75) is 18.9 Å². The molecule has 5 nitrogen and oxygen atoms in total. The largest absolute Gasteiger partial charge is 0.481 e. The molecule has 22 heavy (non-hydrogen) atoms. The first-order valence-corrected chi connectivity index (χ1v) is 7.36. The standard InChI is InChI=1S/C16H18ClNO4/c1-22-16(21)15(12-6-2-3-7-13(12)17)18-8-4-5-11(10-18)9-14(19)20/h2-3,5-7,15H,4,8-10H2,1H3,(H,19,20)/t15-/m0/s1. The highest BCUT2D eigenvalue weighted by Gasteiger charge is 2.31. The van der Waals surface area contributed by atoms with Crippen molar-refractivity contribution in [2.75, 3.05) is 20.2 Å². The maximum atomic E-state index is 12.2. The average Bonchev–Trinajstić information content (AvgIpc) is 2.49. The Morgan fingerprint density at radius 3 is 2.77 bits per heavy atom. The lowest BCUT2D eigenvalue weighted by Gasteiger charge is -2.33. The van der Waals surface area contributed by atoms with Gasteiger partial charge in [-0.3, -0.25) is 9.69 Å². The highest BCUT2D eigenvalue weighted by atomic mass is 35.5. The minimum absolute atomic E-state index is 0.0209. The second-order valence-electron chi connectivity index (χ2n) is 5.14. The number of carbonyl (C=O) groups is 2. The average molecular weight is 324 g/mol. The summed E-state index contributed by atoms with van der Waals surface area (Å²) in [7, 11) is 1.34. The molecule has 0 aliphatic carbocycles. The number of carboxylic acids is 1. The Balaban J connectivity index is 2.28. The molecule has 0 bridgehead atoms. The number of carboxylic acid groups (broad SMARTS) is 1. The number of methoxy groups -OCH3 is 1.